The predicted molar refractivity (Wildman–Crippen MR) is 36.9 cm³/mol. The molecule has 0 aliphatic heterocycles. The third-order valence-electron chi connectivity index (χ3n) is 0.880. The Kier molecular flexibility index (Phi) is 3.17. The highest BCUT2D eigenvalue weighted by molar-refractivity contribution is 5.89. The number of carbonyl (C=O) groups excluding carboxylic acids is 1. The third kappa shape index (κ3) is 1.89. The maximum absolute atomic E-state index is 10.6. The number of nitrogens with zero attached hydrogens (tertiary/aromatic N) is 1. The SMILES string of the molecule is C=N/C(C(=O)OC)=C(\C)O. The van der Waals surface area contributed by atoms with Crippen molar-refractivity contribution in [3.63, 3.8) is 0 Å². The topological polar surface area (TPSA) is 58.9 Å². The molecule has 0 aliphatic rings. The molecule has 0 spiro atoms. The van der Waals surface area contributed by atoms with Gasteiger partial charge in [0.25, 0.3) is 0 Å². The van der Waals surface area contributed by atoms with Gasteiger partial charge in [-0.15, -0.1) is 0 Å². The van der Waals surface area contributed by atoms with E-state index in [2.05, 4.69) is 16.4 Å². The number of aliphatic hydroxyl groups is 1. The van der Waals surface area contributed by atoms with Crippen LogP contribution in [0.25, 0.3) is 0 Å². The van der Waals surface area contributed by atoms with Crippen LogP contribution < -0.4 is 0 Å². The Hall–Kier alpha value is -1.32. The van der Waals surface area contributed by atoms with E-state index in [1.54, 1.807) is 0 Å². The normalized spacial score (nSPS) is 11.8. The predicted octanol–water partition coefficient (Wildman–Crippen LogP) is 0.649. The van der Waals surface area contributed by atoms with Crippen LogP contribution in [0.5, 0.6) is 0 Å². The fraction of sp³-hybridized carbons (Fsp3) is 0.333. The summed E-state index contributed by atoms with van der Waals surface area (Å²) in [4.78, 5) is 13.9. The lowest BCUT2D eigenvalue weighted by Crippen LogP contribution is -2.04. The third-order valence-corrected chi connectivity index (χ3v) is 0.880. The summed E-state index contributed by atoms with van der Waals surface area (Å²) >= 11 is 0. The number of esters is 1. The average Bonchev–Trinajstić information content (AvgIpc) is 1.88. The van der Waals surface area contributed by atoms with Crippen LogP contribution in [0, 0.1) is 0 Å². The molecule has 10 heavy (non-hydrogen) atoms. The summed E-state index contributed by atoms with van der Waals surface area (Å²) in [6, 6.07) is 0. The van der Waals surface area contributed by atoms with E-state index < -0.39 is 5.97 Å². The van der Waals surface area contributed by atoms with E-state index in [4.69, 9.17) is 5.11 Å². The summed E-state index contributed by atoms with van der Waals surface area (Å²) in [5, 5.41) is 8.76. The number of carbonyl (C=O) groups is 1. The van der Waals surface area contributed by atoms with E-state index in [1.807, 2.05) is 0 Å². The van der Waals surface area contributed by atoms with Crippen molar-refractivity contribution in [1.29, 1.82) is 0 Å². The zero-order valence-electron chi connectivity index (χ0n) is 5.92. The molecule has 0 unspecified atom stereocenters. The van der Waals surface area contributed by atoms with Crippen molar-refractivity contribution >= 4 is 12.7 Å². The van der Waals surface area contributed by atoms with E-state index in [1.165, 1.54) is 14.0 Å². The van der Waals surface area contributed by atoms with E-state index in [-0.39, 0.29) is 11.5 Å². The highest BCUT2D eigenvalue weighted by atomic mass is 16.5. The number of methoxy groups -OCH3 is 1. The molecule has 0 fully saturated rings. The minimum absolute atomic E-state index is 0.150. The molecule has 4 heteroatoms. The van der Waals surface area contributed by atoms with Crippen molar-refractivity contribution in [3.8, 4) is 0 Å². The Balaban J connectivity index is 4.53. The van der Waals surface area contributed by atoms with Gasteiger partial charge in [0.15, 0.2) is 5.70 Å². The molecule has 0 radical (unpaired) electrons. The lowest BCUT2D eigenvalue weighted by atomic mass is 10.4. The van der Waals surface area contributed by atoms with Crippen molar-refractivity contribution in [3.05, 3.63) is 11.5 Å². The molecule has 0 saturated carbocycles. The first-order chi connectivity index (χ1) is 4.63. The number of aliphatic hydroxyl groups excluding tert-OH is 1. The molecule has 0 amide bonds. The van der Waals surface area contributed by atoms with E-state index in [0.717, 1.165) is 0 Å². The first kappa shape index (κ1) is 8.68. The molecule has 0 atom stereocenters. The van der Waals surface area contributed by atoms with Gasteiger partial charge >= 0.3 is 5.97 Å². The van der Waals surface area contributed by atoms with Gasteiger partial charge in [-0.2, -0.15) is 0 Å². The lowest BCUT2D eigenvalue weighted by molar-refractivity contribution is -0.136. The first-order valence-electron chi connectivity index (χ1n) is 2.58. The van der Waals surface area contributed by atoms with Gasteiger partial charge in [0.2, 0.25) is 0 Å². The van der Waals surface area contributed by atoms with Gasteiger partial charge in [0.05, 0.1) is 7.11 Å². The Morgan fingerprint density at radius 2 is 2.20 bits per heavy atom. The van der Waals surface area contributed by atoms with Gasteiger partial charge in [0, 0.05) is 0 Å². The summed E-state index contributed by atoms with van der Waals surface area (Å²) < 4.78 is 4.27. The van der Waals surface area contributed by atoms with Crippen molar-refractivity contribution in [1.82, 2.24) is 0 Å². The lowest BCUT2D eigenvalue weighted by Gasteiger charge is -1.98. The van der Waals surface area contributed by atoms with Crippen LogP contribution >= 0.6 is 0 Å². The second-order valence-electron chi connectivity index (χ2n) is 1.58. The number of allylic oxidation sites excluding steroid dienone is 1. The number of ether oxygens (including phenoxy) is 1. The summed E-state index contributed by atoms with van der Waals surface area (Å²) in [5.74, 6) is -0.878. The average molecular weight is 143 g/mol. The van der Waals surface area contributed by atoms with Crippen LogP contribution in [-0.4, -0.2) is 24.9 Å². The Morgan fingerprint density at radius 3 is 2.30 bits per heavy atom. The smallest absolute Gasteiger partial charge is 0.360 e. The van der Waals surface area contributed by atoms with Gasteiger partial charge in [-0.25, -0.2) is 4.79 Å². The number of hydrogen-bond acceptors (Lipinski definition) is 4. The second-order valence-corrected chi connectivity index (χ2v) is 1.58. The first-order valence-corrected chi connectivity index (χ1v) is 2.58. The largest absolute Gasteiger partial charge is 0.510 e. The van der Waals surface area contributed by atoms with E-state index in [9.17, 15) is 4.79 Å². The molecular weight excluding hydrogens is 134 g/mol. The zero-order valence-corrected chi connectivity index (χ0v) is 5.92. The van der Waals surface area contributed by atoms with Crippen LogP contribution in [0.2, 0.25) is 0 Å². The number of aliphatic imine (C=N–C) groups is 1. The molecule has 0 heterocycles. The van der Waals surface area contributed by atoms with Gasteiger partial charge in [0.1, 0.15) is 5.76 Å². The Morgan fingerprint density at radius 1 is 1.70 bits per heavy atom. The van der Waals surface area contributed by atoms with Crippen molar-refractivity contribution in [2.24, 2.45) is 4.99 Å². The minimum Gasteiger partial charge on any atom is -0.510 e. The number of rotatable bonds is 2. The molecule has 0 aromatic rings. The molecule has 56 valence electrons. The zero-order chi connectivity index (χ0) is 8.15. The molecule has 1 N–H and O–H groups in total. The summed E-state index contributed by atoms with van der Waals surface area (Å²) in [5.41, 5.74) is -0.150. The van der Waals surface area contributed by atoms with Crippen molar-refractivity contribution in [2.75, 3.05) is 7.11 Å². The molecular formula is C6H9NO3. The van der Waals surface area contributed by atoms with Gasteiger partial charge in [-0.1, -0.05) is 0 Å². The standard InChI is InChI=1S/C6H9NO3/c1-4(8)5(7-2)6(9)10-3/h8H,2H2,1,3H3/b5-4+. The molecule has 0 rings (SSSR count). The van der Waals surface area contributed by atoms with Gasteiger partial charge in [-0.05, 0) is 13.6 Å². The Labute approximate surface area is 58.8 Å². The monoisotopic (exact) mass is 143 g/mol. The number of hydrogen-bond donors (Lipinski definition) is 1. The highest BCUT2D eigenvalue weighted by Crippen LogP contribution is 2.02. The Bertz CT molecular complexity index is 179. The molecule has 0 aromatic carbocycles. The molecule has 0 bridgehead atoms. The minimum atomic E-state index is -0.685. The van der Waals surface area contributed by atoms with Crippen molar-refractivity contribution in [2.45, 2.75) is 6.92 Å². The molecule has 4 nitrogen and oxygen atoms in total. The fourth-order valence-electron chi connectivity index (χ4n) is 0.423. The van der Waals surface area contributed by atoms with E-state index in [0.29, 0.717) is 0 Å². The fourth-order valence-corrected chi connectivity index (χ4v) is 0.423. The summed E-state index contributed by atoms with van der Waals surface area (Å²) in [7, 11) is 1.20. The van der Waals surface area contributed by atoms with Crippen LogP contribution in [0.3, 0.4) is 0 Å². The van der Waals surface area contributed by atoms with Crippen LogP contribution in [0.15, 0.2) is 16.4 Å². The summed E-state index contributed by atoms with van der Waals surface area (Å²) in [6.07, 6.45) is 0. The maximum atomic E-state index is 10.6. The molecule has 0 saturated heterocycles. The van der Waals surface area contributed by atoms with E-state index >= 15 is 0 Å². The van der Waals surface area contributed by atoms with Crippen molar-refractivity contribution < 1.29 is 14.6 Å². The second kappa shape index (κ2) is 3.66. The van der Waals surface area contributed by atoms with Crippen LogP contribution in [0.4, 0.5) is 0 Å². The van der Waals surface area contributed by atoms with Gasteiger partial charge in [-0.3, -0.25) is 4.99 Å². The quantitative estimate of drug-likeness (QED) is 0.267. The molecule has 0 aromatic heterocycles. The highest BCUT2D eigenvalue weighted by Gasteiger charge is 2.09. The van der Waals surface area contributed by atoms with Crippen LogP contribution in [0.1, 0.15) is 6.92 Å². The summed E-state index contributed by atoms with van der Waals surface area (Å²) in [6.45, 7) is 4.42. The maximum Gasteiger partial charge on any atom is 0.360 e. The molecule has 0 aliphatic carbocycles. The van der Waals surface area contributed by atoms with Gasteiger partial charge < -0.3 is 9.84 Å². The van der Waals surface area contributed by atoms with Crippen LogP contribution in [-0.2, 0) is 9.53 Å².